The molecule has 0 radical (unpaired) electrons. The number of carbonyl (C=O) groups excluding carboxylic acids is 3. The zero-order valence-electron chi connectivity index (χ0n) is 20.4. The van der Waals surface area contributed by atoms with E-state index >= 15 is 0 Å². The first-order chi connectivity index (χ1) is 16.4. The molecule has 0 aliphatic carbocycles. The number of fused-ring (bicyclic) bond motifs is 1. The number of nitrogens with zero attached hydrogens (tertiary/aromatic N) is 2. The summed E-state index contributed by atoms with van der Waals surface area (Å²) in [6, 6.07) is 13.9. The maximum absolute atomic E-state index is 13.4. The summed E-state index contributed by atoms with van der Waals surface area (Å²) in [6.07, 6.45) is 8.13. The van der Waals surface area contributed by atoms with Gasteiger partial charge in [-0.25, -0.2) is 4.98 Å². The molecule has 3 aromatic rings. The Labute approximate surface area is 201 Å². The van der Waals surface area contributed by atoms with Crippen LogP contribution in [-0.2, 0) is 27.2 Å². The summed E-state index contributed by atoms with van der Waals surface area (Å²) in [6.45, 7) is 6.29. The molecule has 0 aliphatic heterocycles. The second-order valence-corrected chi connectivity index (χ2v) is 8.50. The van der Waals surface area contributed by atoms with E-state index in [-0.39, 0.29) is 11.7 Å². The lowest BCUT2D eigenvalue weighted by atomic mass is 10.1. The molecule has 3 rings (SSSR count). The molecular formula is C28H34N2O4. The molecule has 0 bridgehead atoms. The van der Waals surface area contributed by atoms with E-state index in [1.807, 2.05) is 37.3 Å². The lowest BCUT2D eigenvalue weighted by Gasteiger charge is -2.14. The van der Waals surface area contributed by atoms with Gasteiger partial charge < -0.3 is 0 Å². The molecule has 0 fully saturated rings. The monoisotopic (exact) mass is 462 g/mol. The zero-order chi connectivity index (χ0) is 24.9. The number of carbonyl (C=O) groups is 1. The number of unbranched alkanes of at least 4 members (excludes halogenated alkanes) is 3. The normalized spacial score (nSPS) is 10.4. The van der Waals surface area contributed by atoms with Gasteiger partial charge in [-0.1, -0.05) is 44.9 Å². The minimum atomic E-state index is -0.0279. The van der Waals surface area contributed by atoms with E-state index < -0.39 is 0 Å². The number of Topliss-reactive ketones (excluding diaryl/α,β-unsaturated/α-hetero) is 1. The second-order valence-electron chi connectivity index (χ2n) is 8.50. The first-order valence-electron chi connectivity index (χ1n) is 12.1. The fraction of sp³-hybridized carbons (Fsp3) is 0.429. The van der Waals surface area contributed by atoms with Gasteiger partial charge in [0.25, 0.3) is 5.56 Å². The number of hydrogen-bond donors (Lipinski definition) is 0. The van der Waals surface area contributed by atoms with Crippen molar-refractivity contribution in [2.45, 2.75) is 78.6 Å². The largest absolute Gasteiger partial charge is 0.373 e. The summed E-state index contributed by atoms with van der Waals surface area (Å²) in [5, 5.41) is 0.639. The average molecular weight is 463 g/mol. The SMILES string of the molecule is CCCCCC(=O)CCCCc1nc2cc(C)ccc2c(=O)n1-c1ccc(CC)cc1.O=C=O. The van der Waals surface area contributed by atoms with Crippen LogP contribution in [0.15, 0.2) is 47.3 Å². The van der Waals surface area contributed by atoms with Crippen molar-refractivity contribution < 1.29 is 14.4 Å². The molecule has 6 nitrogen and oxygen atoms in total. The smallest absolute Gasteiger partial charge is 0.300 e. The molecule has 0 saturated carbocycles. The lowest BCUT2D eigenvalue weighted by Crippen LogP contribution is -2.24. The minimum Gasteiger partial charge on any atom is -0.300 e. The minimum absolute atomic E-state index is 0.0279. The molecule has 0 saturated heterocycles. The highest BCUT2D eigenvalue weighted by Crippen LogP contribution is 2.17. The van der Waals surface area contributed by atoms with Crippen LogP contribution in [0.3, 0.4) is 0 Å². The van der Waals surface area contributed by atoms with Gasteiger partial charge in [0.2, 0.25) is 0 Å². The highest BCUT2D eigenvalue weighted by atomic mass is 16.2. The number of benzene rings is 2. The van der Waals surface area contributed by atoms with Gasteiger partial charge in [0.15, 0.2) is 0 Å². The summed E-state index contributed by atoms with van der Waals surface area (Å²) in [5.41, 5.74) is 3.90. The molecular weight excluding hydrogens is 428 g/mol. The van der Waals surface area contributed by atoms with E-state index in [0.29, 0.717) is 30.4 Å². The Morgan fingerprint density at radius 3 is 2.21 bits per heavy atom. The quantitative estimate of drug-likeness (QED) is 0.350. The molecule has 0 aliphatic rings. The van der Waals surface area contributed by atoms with E-state index in [1.165, 1.54) is 5.56 Å². The first-order valence-corrected chi connectivity index (χ1v) is 12.1. The highest BCUT2D eigenvalue weighted by molar-refractivity contribution is 5.79. The Hall–Kier alpha value is -3.37. The van der Waals surface area contributed by atoms with Gasteiger partial charge in [-0.15, -0.1) is 0 Å². The van der Waals surface area contributed by atoms with Crippen molar-refractivity contribution in [2.75, 3.05) is 0 Å². The van der Waals surface area contributed by atoms with Gasteiger partial charge in [-0.3, -0.25) is 14.2 Å². The first kappa shape index (κ1) is 26.9. The van der Waals surface area contributed by atoms with Crippen molar-refractivity contribution >= 4 is 22.8 Å². The molecule has 0 amide bonds. The number of aromatic nitrogens is 2. The second kappa shape index (κ2) is 14.0. The maximum Gasteiger partial charge on any atom is 0.373 e. The van der Waals surface area contributed by atoms with Crippen LogP contribution in [0.1, 0.15) is 75.7 Å². The Kier molecular flexibility index (Phi) is 11.1. The topological polar surface area (TPSA) is 86.1 Å². The van der Waals surface area contributed by atoms with Crippen LogP contribution in [0.25, 0.3) is 16.6 Å². The molecule has 2 aromatic carbocycles. The average Bonchev–Trinajstić information content (AvgIpc) is 2.82. The summed E-state index contributed by atoms with van der Waals surface area (Å²) in [4.78, 5) is 46.6. The van der Waals surface area contributed by atoms with Crippen LogP contribution in [0.5, 0.6) is 0 Å². The number of ketones is 1. The highest BCUT2D eigenvalue weighted by Gasteiger charge is 2.13. The van der Waals surface area contributed by atoms with Gasteiger partial charge in [-0.05, 0) is 68.0 Å². The predicted octanol–water partition coefficient (Wildman–Crippen LogP) is 5.54. The van der Waals surface area contributed by atoms with Crippen LogP contribution in [0.2, 0.25) is 0 Å². The van der Waals surface area contributed by atoms with E-state index in [9.17, 15) is 9.59 Å². The van der Waals surface area contributed by atoms with E-state index in [1.54, 1.807) is 4.57 Å². The van der Waals surface area contributed by atoms with Crippen molar-refractivity contribution in [3.63, 3.8) is 0 Å². The summed E-state index contributed by atoms with van der Waals surface area (Å²) < 4.78 is 1.75. The summed E-state index contributed by atoms with van der Waals surface area (Å²) in [7, 11) is 0. The van der Waals surface area contributed by atoms with E-state index in [4.69, 9.17) is 14.6 Å². The van der Waals surface area contributed by atoms with Crippen molar-refractivity contribution in [2.24, 2.45) is 0 Å². The van der Waals surface area contributed by atoms with Gasteiger partial charge in [-0.2, -0.15) is 9.59 Å². The standard InChI is InChI=1S/C27H34N2O2.CO2/c1-4-6-7-10-23(30)11-8-9-12-26-28-25-19-20(3)13-18-24(25)27(31)29(26)22-16-14-21(5-2)15-17-22;2-1-3/h13-19H,4-12H2,1-3H3;. The summed E-state index contributed by atoms with van der Waals surface area (Å²) >= 11 is 0. The molecule has 0 atom stereocenters. The van der Waals surface area contributed by atoms with Crippen molar-refractivity contribution in [3.8, 4) is 5.69 Å². The lowest BCUT2D eigenvalue weighted by molar-refractivity contribution is -0.191. The van der Waals surface area contributed by atoms with Crippen LogP contribution in [0, 0.1) is 6.92 Å². The van der Waals surface area contributed by atoms with Crippen LogP contribution in [0.4, 0.5) is 0 Å². The summed E-state index contributed by atoms with van der Waals surface area (Å²) in [5.74, 6) is 1.12. The van der Waals surface area contributed by atoms with Crippen molar-refractivity contribution in [3.05, 3.63) is 69.8 Å². The maximum atomic E-state index is 13.4. The van der Waals surface area contributed by atoms with Gasteiger partial charge >= 0.3 is 6.15 Å². The van der Waals surface area contributed by atoms with Crippen LogP contribution in [-0.4, -0.2) is 21.5 Å². The predicted molar refractivity (Wildman–Crippen MR) is 133 cm³/mol. The number of rotatable bonds is 11. The number of aryl methyl sites for hydroxylation is 3. The third-order valence-corrected chi connectivity index (χ3v) is 5.86. The fourth-order valence-electron chi connectivity index (χ4n) is 3.96. The molecule has 6 heteroatoms. The third kappa shape index (κ3) is 7.60. The third-order valence-electron chi connectivity index (χ3n) is 5.86. The fourth-order valence-corrected chi connectivity index (χ4v) is 3.96. The van der Waals surface area contributed by atoms with Gasteiger partial charge in [0, 0.05) is 19.3 Å². The van der Waals surface area contributed by atoms with Crippen molar-refractivity contribution in [1.82, 2.24) is 9.55 Å². The van der Waals surface area contributed by atoms with Crippen LogP contribution < -0.4 is 5.56 Å². The molecule has 1 aromatic heterocycles. The Morgan fingerprint density at radius 2 is 1.59 bits per heavy atom. The molecule has 1 heterocycles. The van der Waals surface area contributed by atoms with Crippen LogP contribution >= 0.6 is 0 Å². The molecule has 0 N–H and O–H groups in total. The van der Waals surface area contributed by atoms with E-state index in [0.717, 1.165) is 61.1 Å². The number of hydrogen-bond acceptors (Lipinski definition) is 5. The van der Waals surface area contributed by atoms with Gasteiger partial charge in [0.05, 0.1) is 16.6 Å². The molecule has 0 unspecified atom stereocenters. The van der Waals surface area contributed by atoms with E-state index in [2.05, 4.69) is 26.0 Å². The molecule has 180 valence electrons. The van der Waals surface area contributed by atoms with Gasteiger partial charge in [0.1, 0.15) is 11.6 Å². The molecule has 34 heavy (non-hydrogen) atoms. The Bertz CT molecular complexity index is 1170. The Balaban J connectivity index is 0.00000129. The Morgan fingerprint density at radius 1 is 0.941 bits per heavy atom. The van der Waals surface area contributed by atoms with Crippen molar-refractivity contribution in [1.29, 1.82) is 0 Å². The molecule has 0 spiro atoms. The zero-order valence-corrected chi connectivity index (χ0v) is 20.4.